The first kappa shape index (κ1) is 11.4. The molecule has 2 aromatic heterocycles. The van der Waals surface area contributed by atoms with Gasteiger partial charge in [0, 0.05) is 17.3 Å². The maximum absolute atomic E-state index is 5.72. The van der Waals surface area contributed by atoms with Crippen LogP contribution in [0, 0.1) is 6.92 Å². The number of thiophene rings is 1. The average molecular weight is 235 g/mol. The van der Waals surface area contributed by atoms with E-state index in [4.69, 9.17) is 5.73 Å². The van der Waals surface area contributed by atoms with Gasteiger partial charge in [-0.15, -0.1) is 11.3 Å². The molecule has 0 saturated carbocycles. The Bertz CT molecular complexity index is 456. The average Bonchev–Trinajstić information content (AvgIpc) is 2.83. The van der Waals surface area contributed by atoms with Gasteiger partial charge in [0.05, 0.1) is 16.8 Å². The van der Waals surface area contributed by atoms with Crippen LogP contribution in [0.3, 0.4) is 0 Å². The van der Waals surface area contributed by atoms with E-state index in [1.165, 1.54) is 9.75 Å². The molecule has 86 valence electrons. The quantitative estimate of drug-likeness (QED) is 0.856. The van der Waals surface area contributed by atoms with E-state index in [-0.39, 0.29) is 6.04 Å². The van der Waals surface area contributed by atoms with Gasteiger partial charge in [0.1, 0.15) is 5.82 Å². The van der Waals surface area contributed by atoms with Crippen LogP contribution in [-0.2, 0) is 6.42 Å². The normalized spacial score (nSPS) is 12.9. The Kier molecular flexibility index (Phi) is 3.41. The lowest BCUT2D eigenvalue weighted by atomic mass is 10.2. The first-order chi connectivity index (χ1) is 7.65. The fraction of sp³-hybridized carbons (Fsp3) is 0.417. The summed E-state index contributed by atoms with van der Waals surface area (Å²) in [5.74, 6) is 1.03. The van der Waals surface area contributed by atoms with Crippen LogP contribution in [0.1, 0.15) is 24.0 Å². The predicted octanol–water partition coefficient (Wildman–Crippen LogP) is 2.73. The van der Waals surface area contributed by atoms with Crippen LogP contribution in [0.2, 0.25) is 0 Å². The molecule has 0 amide bonds. The number of hydrogen-bond donors (Lipinski definition) is 2. The molecule has 4 heteroatoms. The van der Waals surface area contributed by atoms with Gasteiger partial charge < -0.3 is 10.7 Å². The molecule has 0 bridgehead atoms. The highest BCUT2D eigenvalue weighted by molar-refractivity contribution is 7.15. The summed E-state index contributed by atoms with van der Waals surface area (Å²) < 4.78 is 0. The standard InChI is InChI=1S/C12H17N3S/c1-8(13)3-6-12-14-7-10(15-12)11-5-4-9(2)16-11/h4-5,7-8H,3,6,13H2,1-2H3,(H,14,15). The molecule has 0 aliphatic carbocycles. The zero-order valence-electron chi connectivity index (χ0n) is 9.66. The van der Waals surface area contributed by atoms with Gasteiger partial charge in [0.2, 0.25) is 0 Å². The Balaban J connectivity index is 2.07. The Hall–Kier alpha value is -1.13. The summed E-state index contributed by atoms with van der Waals surface area (Å²) in [5, 5.41) is 0. The number of rotatable bonds is 4. The van der Waals surface area contributed by atoms with Gasteiger partial charge in [-0.1, -0.05) is 0 Å². The number of imidazole rings is 1. The smallest absolute Gasteiger partial charge is 0.106 e. The van der Waals surface area contributed by atoms with Crippen LogP contribution in [0.15, 0.2) is 18.3 Å². The van der Waals surface area contributed by atoms with E-state index in [9.17, 15) is 0 Å². The van der Waals surface area contributed by atoms with Gasteiger partial charge in [0.25, 0.3) is 0 Å². The summed E-state index contributed by atoms with van der Waals surface area (Å²) in [6, 6.07) is 4.49. The molecule has 3 N–H and O–H groups in total. The zero-order valence-corrected chi connectivity index (χ0v) is 10.5. The summed E-state index contributed by atoms with van der Waals surface area (Å²) >= 11 is 1.78. The largest absolute Gasteiger partial charge is 0.341 e. The highest BCUT2D eigenvalue weighted by Crippen LogP contribution is 2.26. The molecule has 2 rings (SSSR count). The summed E-state index contributed by atoms with van der Waals surface area (Å²) in [5.41, 5.74) is 6.83. The molecule has 1 atom stereocenters. The lowest BCUT2D eigenvalue weighted by molar-refractivity contribution is 0.652. The van der Waals surface area contributed by atoms with E-state index in [1.54, 1.807) is 11.3 Å². The van der Waals surface area contributed by atoms with Crippen LogP contribution in [0.5, 0.6) is 0 Å². The fourth-order valence-electron chi connectivity index (χ4n) is 1.56. The maximum Gasteiger partial charge on any atom is 0.106 e. The van der Waals surface area contributed by atoms with Crippen LogP contribution >= 0.6 is 11.3 Å². The van der Waals surface area contributed by atoms with Crippen molar-refractivity contribution in [2.24, 2.45) is 5.73 Å². The molecule has 1 unspecified atom stereocenters. The minimum Gasteiger partial charge on any atom is -0.341 e. The Morgan fingerprint density at radius 2 is 2.31 bits per heavy atom. The third kappa shape index (κ3) is 2.71. The number of H-pyrrole nitrogens is 1. The van der Waals surface area contributed by atoms with Crippen molar-refractivity contribution in [3.8, 4) is 10.6 Å². The van der Waals surface area contributed by atoms with Crippen molar-refractivity contribution < 1.29 is 0 Å². The van der Waals surface area contributed by atoms with Crippen LogP contribution in [0.25, 0.3) is 10.6 Å². The minimum atomic E-state index is 0.234. The molecule has 2 aromatic rings. The number of nitrogens with two attached hydrogens (primary N) is 1. The molecule has 0 fully saturated rings. The highest BCUT2D eigenvalue weighted by atomic mass is 32.1. The van der Waals surface area contributed by atoms with E-state index < -0.39 is 0 Å². The molecule has 0 saturated heterocycles. The maximum atomic E-state index is 5.72. The van der Waals surface area contributed by atoms with Crippen molar-refractivity contribution in [2.45, 2.75) is 32.7 Å². The van der Waals surface area contributed by atoms with Crippen molar-refractivity contribution >= 4 is 11.3 Å². The number of nitrogens with one attached hydrogen (secondary N) is 1. The van der Waals surface area contributed by atoms with E-state index in [2.05, 4.69) is 29.0 Å². The summed E-state index contributed by atoms with van der Waals surface area (Å²) in [4.78, 5) is 10.3. The van der Waals surface area contributed by atoms with Gasteiger partial charge in [-0.2, -0.15) is 0 Å². The molecule has 0 aliphatic rings. The molecule has 0 aromatic carbocycles. The van der Waals surface area contributed by atoms with E-state index >= 15 is 0 Å². The van der Waals surface area contributed by atoms with E-state index in [1.807, 2.05) is 13.1 Å². The zero-order chi connectivity index (χ0) is 11.5. The second-order valence-corrected chi connectivity index (χ2v) is 5.46. The molecule has 0 spiro atoms. The van der Waals surface area contributed by atoms with Crippen molar-refractivity contribution in [1.29, 1.82) is 0 Å². The molecular formula is C12H17N3S. The van der Waals surface area contributed by atoms with E-state index in [0.29, 0.717) is 0 Å². The van der Waals surface area contributed by atoms with Gasteiger partial charge in [-0.3, -0.25) is 0 Å². The first-order valence-electron chi connectivity index (χ1n) is 5.51. The van der Waals surface area contributed by atoms with Crippen molar-refractivity contribution in [3.63, 3.8) is 0 Å². The van der Waals surface area contributed by atoms with Crippen molar-refractivity contribution in [1.82, 2.24) is 9.97 Å². The molecule has 16 heavy (non-hydrogen) atoms. The molecular weight excluding hydrogens is 218 g/mol. The van der Waals surface area contributed by atoms with Gasteiger partial charge in [0.15, 0.2) is 0 Å². The monoisotopic (exact) mass is 235 g/mol. The topological polar surface area (TPSA) is 54.7 Å². The minimum absolute atomic E-state index is 0.234. The number of nitrogens with zero attached hydrogens (tertiary/aromatic N) is 1. The number of aromatic amines is 1. The van der Waals surface area contributed by atoms with Crippen LogP contribution < -0.4 is 5.73 Å². The highest BCUT2D eigenvalue weighted by Gasteiger charge is 2.05. The third-order valence-electron chi connectivity index (χ3n) is 2.47. The second-order valence-electron chi connectivity index (χ2n) is 4.17. The van der Waals surface area contributed by atoms with Crippen LogP contribution in [0.4, 0.5) is 0 Å². The SMILES string of the molecule is Cc1ccc(-c2cnc(CCC(C)N)[nH]2)s1. The molecule has 3 nitrogen and oxygen atoms in total. The van der Waals surface area contributed by atoms with Crippen LogP contribution in [-0.4, -0.2) is 16.0 Å². The number of aromatic nitrogens is 2. The predicted molar refractivity (Wildman–Crippen MR) is 68.6 cm³/mol. The third-order valence-corrected chi connectivity index (χ3v) is 3.50. The number of hydrogen-bond acceptors (Lipinski definition) is 3. The first-order valence-corrected chi connectivity index (χ1v) is 6.33. The Morgan fingerprint density at radius 3 is 2.94 bits per heavy atom. The fourth-order valence-corrected chi connectivity index (χ4v) is 2.39. The van der Waals surface area contributed by atoms with Gasteiger partial charge in [-0.25, -0.2) is 4.98 Å². The Morgan fingerprint density at radius 1 is 1.50 bits per heavy atom. The Labute approximate surface area is 99.7 Å². The molecule has 0 aliphatic heterocycles. The van der Waals surface area contributed by atoms with E-state index in [0.717, 1.165) is 24.4 Å². The van der Waals surface area contributed by atoms with Crippen molar-refractivity contribution in [2.75, 3.05) is 0 Å². The van der Waals surface area contributed by atoms with Gasteiger partial charge >= 0.3 is 0 Å². The summed E-state index contributed by atoms with van der Waals surface area (Å²) in [6.07, 6.45) is 3.79. The lowest BCUT2D eigenvalue weighted by Gasteiger charge is -2.01. The molecule has 2 heterocycles. The summed E-state index contributed by atoms with van der Waals surface area (Å²) in [6.45, 7) is 4.13. The second kappa shape index (κ2) is 4.80. The van der Waals surface area contributed by atoms with Crippen molar-refractivity contribution in [3.05, 3.63) is 29.0 Å². The number of aryl methyl sites for hydroxylation is 2. The summed E-state index contributed by atoms with van der Waals surface area (Å²) in [7, 11) is 0. The molecule has 0 radical (unpaired) electrons. The van der Waals surface area contributed by atoms with Gasteiger partial charge in [-0.05, 0) is 32.4 Å². The lowest BCUT2D eigenvalue weighted by Crippen LogP contribution is -2.15.